The Hall–Kier alpha value is -2.08. The van der Waals surface area contributed by atoms with Crippen LogP contribution in [0.5, 0.6) is 0 Å². The van der Waals surface area contributed by atoms with Crippen molar-refractivity contribution in [1.29, 1.82) is 5.26 Å². The minimum absolute atomic E-state index is 0.616. The smallest absolute Gasteiger partial charge is 0.147 e. The van der Waals surface area contributed by atoms with Crippen molar-refractivity contribution in [2.24, 2.45) is 7.05 Å². The molecule has 1 aromatic carbocycles. The van der Waals surface area contributed by atoms with Gasteiger partial charge in [-0.05, 0) is 38.0 Å². The molecule has 0 N–H and O–H groups in total. The molecule has 0 aliphatic rings. The molecule has 0 bridgehead atoms. The molecule has 86 valence electrons. The fourth-order valence-corrected chi connectivity index (χ4v) is 1.83. The first kappa shape index (κ1) is 11.4. The number of nitrogens with zero attached hydrogens (tertiary/aromatic N) is 3. The highest BCUT2D eigenvalue weighted by Gasteiger charge is 2.13. The SMILES string of the molecule is Cc1ccc(-c2nc(C)n(C)c2C#N)cc1C. The number of aromatic nitrogens is 2. The van der Waals surface area contributed by atoms with Crippen molar-refractivity contribution in [3.63, 3.8) is 0 Å². The summed E-state index contributed by atoms with van der Waals surface area (Å²) in [5.74, 6) is 0.856. The Morgan fingerprint density at radius 3 is 2.47 bits per heavy atom. The maximum absolute atomic E-state index is 9.19. The predicted molar refractivity (Wildman–Crippen MR) is 67.6 cm³/mol. The summed E-state index contributed by atoms with van der Waals surface area (Å²) < 4.78 is 1.82. The van der Waals surface area contributed by atoms with E-state index in [2.05, 4.69) is 37.0 Å². The molecule has 3 heteroatoms. The Morgan fingerprint density at radius 1 is 1.18 bits per heavy atom. The molecular formula is C14H15N3. The number of hydrogen-bond donors (Lipinski definition) is 0. The highest BCUT2D eigenvalue weighted by atomic mass is 15.1. The minimum atomic E-state index is 0.616. The summed E-state index contributed by atoms with van der Waals surface area (Å²) in [5.41, 5.74) is 4.87. The zero-order valence-corrected chi connectivity index (χ0v) is 10.6. The van der Waals surface area contributed by atoms with Crippen molar-refractivity contribution >= 4 is 0 Å². The van der Waals surface area contributed by atoms with Crippen molar-refractivity contribution in [2.75, 3.05) is 0 Å². The van der Waals surface area contributed by atoms with Crippen LogP contribution in [0.4, 0.5) is 0 Å². The number of imidazole rings is 1. The summed E-state index contributed by atoms with van der Waals surface area (Å²) in [4.78, 5) is 4.46. The second kappa shape index (κ2) is 4.06. The third-order valence-electron chi connectivity index (χ3n) is 3.20. The van der Waals surface area contributed by atoms with Crippen LogP contribution in [0.2, 0.25) is 0 Å². The van der Waals surface area contributed by atoms with Crippen molar-refractivity contribution in [3.8, 4) is 17.3 Å². The summed E-state index contributed by atoms with van der Waals surface area (Å²) >= 11 is 0. The first-order valence-corrected chi connectivity index (χ1v) is 5.55. The highest BCUT2D eigenvalue weighted by Crippen LogP contribution is 2.24. The number of rotatable bonds is 1. The second-order valence-corrected chi connectivity index (χ2v) is 4.33. The lowest BCUT2D eigenvalue weighted by molar-refractivity contribution is 0.845. The van der Waals surface area contributed by atoms with E-state index < -0.39 is 0 Å². The van der Waals surface area contributed by atoms with Gasteiger partial charge >= 0.3 is 0 Å². The minimum Gasteiger partial charge on any atom is -0.323 e. The van der Waals surface area contributed by atoms with Gasteiger partial charge in [-0.15, -0.1) is 0 Å². The topological polar surface area (TPSA) is 41.6 Å². The average Bonchev–Trinajstić information content (AvgIpc) is 2.59. The van der Waals surface area contributed by atoms with E-state index in [1.165, 1.54) is 11.1 Å². The average molecular weight is 225 g/mol. The highest BCUT2D eigenvalue weighted by molar-refractivity contribution is 5.66. The van der Waals surface area contributed by atoms with Crippen LogP contribution in [-0.4, -0.2) is 9.55 Å². The molecule has 0 radical (unpaired) electrons. The third-order valence-corrected chi connectivity index (χ3v) is 3.20. The molecule has 2 rings (SSSR count). The predicted octanol–water partition coefficient (Wildman–Crippen LogP) is 2.88. The van der Waals surface area contributed by atoms with Crippen LogP contribution in [0, 0.1) is 32.1 Å². The third kappa shape index (κ3) is 1.83. The summed E-state index contributed by atoms with van der Waals surface area (Å²) in [6.07, 6.45) is 0. The summed E-state index contributed by atoms with van der Waals surface area (Å²) in [5, 5.41) is 9.19. The molecular weight excluding hydrogens is 210 g/mol. The van der Waals surface area contributed by atoms with Crippen molar-refractivity contribution in [1.82, 2.24) is 9.55 Å². The molecule has 0 aliphatic heterocycles. The van der Waals surface area contributed by atoms with Crippen LogP contribution in [0.3, 0.4) is 0 Å². The first-order valence-electron chi connectivity index (χ1n) is 5.55. The normalized spacial score (nSPS) is 10.3. The Kier molecular flexibility index (Phi) is 2.72. The lowest BCUT2D eigenvalue weighted by atomic mass is 10.0. The molecule has 0 saturated carbocycles. The van der Waals surface area contributed by atoms with Gasteiger partial charge in [0.05, 0.1) is 0 Å². The molecule has 2 aromatic rings. The van der Waals surface area contributed by atoms with Crippen molar-refractivity contribution < 1.29 is 0 Å². The number of hydrogen-bond acceptors (Lipinski definition) is 2. The van der Waals surface area contributed by atoms with Crippen LogP contribution in [-0.2, 0) is 7.05 Å². The molecule has 17 heavy (non-hydrogen) atoms. The van der Waals surface area contributed by atoms with E-state index in [4.69, 9.17) is 0 Å². The van der Waals surface area contributed by atoms with Crippen LogP contribution < -0.4 is 0 Å². The quantitative estimate of drug-likeness (QED) is 0.748. The number of benzene rings is 1. The maximum Gasteiger partial charge on any atom is 0.147 e. The van der Waals surface area contributed by atoms with Crippen molar-refractivity contribution in [3.05, 3.63) is 40.8 Å². The monoisotopic (exact) mass is 225 g/mol. The first-order chi connectivity index (χ1) is 8.04. The van der Waals surface area contributed by atoms with Crippen LogP contribution in [0.25, 0.3) is 11.3 Å². The molecule has 0 amide bonds. The largest absolute Gasteiger partial charge is 0.323 e. The summed E-state index contributed by atoms with van der Waals surface area (Å²) in [6.45, 7) is 6.06. The van der Waals surface area contributed by atoms with Gasteiger partial charge in [-0.1, -0.05) is 12.1 Å². The summed E-state index contributed by atoms with van der Waals surface area (Å²) in [6, 6.07) is 8.38. The zero-order valence-electron chi connectivity index (χ0n) is 10.6. The Labute approximate surface area is 101 Å². The number of nitriles is 1. The molecule has 0 saturated heterocycles. The van der Waals surface area contributed by atoms with Crippen LogP contribution >= 0.6 is 0 Å². The van der Waals surface area contributed by atoms with Crippen LogP contribution in [0.1, 0.15) is 22.6 Å². The zero-order chi connectivity index (χ0) is 12.6. The Balaban J connectivity index is 2.65. The van der Waals surface area contributed by atoms with Gasteiger partial charge in [-0.2, -0.15) is 5.26 Å². The standard InChI is InChI=1S/C14H15N3/c1-9-5-6-12(7-10(9)2)14-13(8-15)17(4)11(3)16-14/h5-7H,1-4H3. The molecule has 0 aliphatic carbocycles. The number of aryl methyl sites for hydroxylation is 3. The fraction of sp³-hybridized carbons (Fsp3) is 0.286. The fourth-order valence-electron chi connectivity index (χ4n) is 1.83. The lowest BCUT2D eigenvalue weighted by Crippen LogP contribution is -1.94. The Bertz CT molecular complexity index is 615. The molecule has 3 nitrogen and oxygen atoms in total. The van der Waals surface area contributed by atoms with E-state index >= 15 is 0 Å². The van der Waals surface area contributed by atoms with Gasteiger partial charge in [0.1, 0.15) is 23.3 Å². The Morgan fingerprint density at radius 2 is 1.88 bits per heavy atom. The van der Waals surface area contributed by atoms with Gasteiger partial charge < -0.3 is 4.57 Å². The van der Waals surface area contributed by atoms with Gasteiger partial charge in [0.25, 0.3) is 0 Å². The summed E-state index contributed by atoms with van der Waals surface area (Å²) in [7, 11) is 1.87. The maximum atomic E-state index is 9.19. The van der Waals surface area contributed by atoms with E-state index in [-0.39, 0.29) is 0 Å². The van der Waals surface area contributed by atoms with E-state index in [1.807, 2.05) is 24.6 Å². The molecule has 0 atom stereocenters. The molecule has 0 spiro atoms. The van der Waals surface area contributed by atoms with Gasteiger partial charge in [0, 0.05) is 12.6 Å². The van der Waals surface area contributed by atoms with E-state index in [9.17, 15) is 5.26 Å². The lowest BCUT2D eigenvalue weighted by Gasteiger charge is -2.03. The molecule has 0 unspecified atom stereocenters. The van der Waals surface area contributed by atoms with Crippen LogP contribution in [0.15, 0.2) is 18.2 Å². The van der Waals surface area contributed by atoms with E-state index in [0.717, 1.165) is 17.1 Å². The van der Waals surface area contributed by atoms with Gasteiger partial charge in [0.15, 0.2) is 0 Å². The van der Waals surface area contributed by atoms with E-state index in [1.54, 1.807) is 0 Å². The molecule has 1 heterocycles. The molecule has 0 fully saturated rings. The van der Waals surface area contributed by atoms with Gasteiger partial charge in [-0.3, -0.25) is 0 Å². The molecule has 1 aromatic heterocycles. The van der Waals surface area contributed by atoms with Gasteiger partial charge in [-0.25, -0.2) is 4.98 Å². The second-order valence-electron chi connectivity index (χ2n) is 4.33. The van der Waals surface area contributed by atoms with Crippen molar-refractivity contribution in [2.45, 2.75) is 20.8 Å². The van der Waals surface area contributed by atoms with Gasteiger partial charge in [0.2, 0.25) is 0 Å². The van der Waals surface area contributed by atoms with E-state index in [0.29, 0.717) is 5.69 Å².